The fourth-order valence-corrected chi connectivity index (χ4v) is 11.6. The van der Waals surface area contributed by atoms with Gasteiger partial charge in [-0.25, -0.2) is 31.6 Å². The number of fused-ring (bicyclic) bond motifs is 6. The summed E-state index contributed by atoms with van der Waals surface area (Å²) in [5, 5.41) is 9.71. The summed E-state index contributed by atoms with van der Waals surface area (Å²) in [7, 11) is -3.08. The van der Waals surface area contributed by atoms with E-state index >= 15 is 4.39 Å². The third kappa shape index (κ3) is 12.7. The fourth-order valence-electron chi connectivity index (χ4n) is 10.9. The van der Waals surface area contributed by atoms with E-state index in [4.69, 9.17) is 27.4 Å². The van der Waals surface area contributed by atoms with E-state index < -0.39 is 33.0 Å². The molecule has 12 nitrogen and oxygen atoms in total. The Kier molecular flexibility index (Phi) is 17.2. The van der Waals surface area contributed by atoms with Crippen molar-refractivity contribution in [2.45, 2.75) is 91.8 Å². The highest BCUT2D eigenvalue weighted by Crippen LogP contribution is 2.64. The van der Waals surface area contributed by atoms with Crippen LogP contribution in [-0.2, 0) is 52.3 Å². The minimum atomic E-state index is -3.08. The molecule has 2 heterocycles. The van der Waals surface area contributed by atoms with Crippen molar-refractivity contribution >= 4 is 27.2 Å². The second-order valence-corrected chi connectivity index (χ2v) is 22.6. The van der Waals surface area contributed by atoms with Gasteiger partial charge in [0.1, 0.15) is 57.8 Å². The molecule has 400 valence electrons. The Balaban J connectivity index is 0.000000192. The van der Waals surface area contributed by atoms with Gasteiger partial charge in [-0.05, 0) is 181 Å². The van der Waals surface area contributed by atoms with Crippen LogP contribution in [0.5, 0.6) is 23.3 Å². The maximum absolute atomic E-state index is 15.0. The van der Waals surface area contributed by atoms with Crippen molar-refractivity contribution < 1.29 is 58.9 Å². The lowest BCUT2D eigenvalue weighted by atomic mass is 9.94. The number of rotatable bonds is 19. The highest BCUT2D eigenvalue weighted by Gasteiger charge is 2.58. The first kappa shape index (κ1) is 55.4. The standard InChI is InChI=1S/C30H32FNO3.C29H29F2NO5S.O2S/c1-5-6-9-34-22-7-8-23(17(2)10-22)24-13-21(27(31)11-18(24)3)16-35-28-14-20-12-25-29(19(4)33)30(25)26(20)15-32-28;1-16-9-25(30)19(15-37-27-12-18-10-23-28(17(2)33)29(23)24(18)14-32-27)11-22(16)21-6-5-20(13-26(21)31)36-7-4-8-38(3,34)35;1-3-2/h7-8,10-11,13-15,25,29-30H,5-6,9,12,16H2,1-4H3;5-6,9,11-14,23,28-29,33H,2,4,7-8,10,15H2,1,3H3;/t25-,29-,30+;23-,28-,29+;/m00./s1. The number of allylic oxidation sites excluding steroid dienone is 1. The Labute approximate surface area is 445 Å². The number of halogens is 3. The Morgan fingerprint density at radius 2 is 1.14 bits per heavy atom. The maximum Gasteiger partial charge on any atom is 0.335 e. The monoisotopic (exact) mass is 1080 g/mol. The van der Waals surface area contributed by atoms with Gasteiger partial charge in [0.15, 0.2) is 0 Å². The Bertz CT molecular complexity index is 3350. The summed E-state index contributed by atoms with van der Waals surface area (Å²) >= 11 is -0.750. The van der Waals surface area contributed by atoms with Crippen LogP contribution in [-0.4, -0.2) is 62.9 Å². The highest BCUT2D eigenvalue weighted by atomic mass is 32.2. The molecular weight excluding hydrogens is 1020 g/mol. The van der Waals surface area contributed by atoms with E-state index in [1.54, 1.807) is 44.3 Å². The average Bonchev–Trinajstić information content (AvgIpc) is 4.26. The molecule has 17 heteroatoms. The number of ether oxygens (including phenoxy) is 4. The maximum atomic E-state index is 15.0. The molecule has 4 aliphatic carbocycles. The second-order valence-electron chi connectivity index (χ2n) is 20.2. The van der Waals surface area contributed by atoms with Gasteiger partial charge in [0.25, 0.3) is 0 Å². The predicted molar refractivity (Wildman–Crippen MR) is 283 cm³/mol. The smallest absolute Gasteiger partial charge is 0.335 e. The summed E-state index contributed by atoms with van der Waals surface area (Å²) < 4.78 is 107. The number of hydrogen-bond donors (Lipinski definition) is 1. The first-order valence-corrected chi connectivity index (χ1v) is 28.0. The Hall–Kier alpha value is -6.85. The lowest BCUT2D eigenvalue weighted by Gasteiger charge is -2.15. The van der Waals surface area contributed by atoms with Crippen molar-refractivity contribution in [2.24, 2.45) is 23.7 Å². The zero-order chi connectivity index (χ0) is 54.6. The van der Waals surface area contributed by atoms with Crippen LogP contribution in [0.2, 0.25) is 0 Å². The zero-order valence-corrected chi connectivity index (χ0v) is 44.9. The molecule has 6 atom stereocenters. The Morgan fingerprint density at radius 3 is 1.63 bits per heavy atom. The number of sulfone groups is 1. The number of Topliss-reactive ketones (excluding diaryl/α,β-unsaturated/α-hetero) is 1. The molecule has 4 aliphatic rings. The van der Waals surface area contributed by atoms with Crippen LogP contribution in [0, 0.1) is 61.9 Å². The highest BCUT2D eigenvalue weighted by molar-refractivity contribution is 7.90. The van der Waals surface area contributed by atoms with Gasteiger partial charge in [-0.2, -0.15) is 8.42 Å². The molecule has 0 bridgehead atoms. The van der Waals surface area contributed by atoms with Gasteiger partial charge in [0, 0.05) is 65.4 Å². The van der Waals surface area contributed by atoms with E-state index in [0.717, 1.165) is 71.1 Å². The van der Waals surface area contributed by atoms with Crippen LogP contribution in [0.25, 0.3) is 22.3 Å². The number of carbonyl (C=O) groups excluding carboxylic acids is 1. The number of ketones is 1. The van der Waals surface area contributed by atoms with Crippen LogP contribution in [0.1, 0.15) is 95.0 Å². The number of aliphatic hydroxyl groups is 1. The summed E-state index contributed by atoms with van der Waals surface area (Å²) in [5.41, 5.74) is 10.8. The lowest BCUT2D eigenvalue weighted by Crippen LogP contribution is -2.08. The number of aliphatic hydroxyl groups excluding tert-OH is 1. The van der Waals surface area contributed by atoms with E-state index in [0.29, 0.717) is 64.8 Å². The van der Waals surface area contributed by atoms with Crippen LogP contribution in [0.3, 0.4) is 0 Å². The zero-order valence-electron chi connectivity index (χ0n) is 43.3. The van der Waals surface area contributed by atoms with Crippen LogP contribution < -0.4 is 18.9 Å². The molecule has 4 aromatic carbocycles. The number of pyridine rings is 2. The summed E-state index contributed by atoms with van der Waals surface area (Å²) in [6.45, 7) is 14.1. The van der Waals surface area contributed by atoms with Gasteiger partial charge >= 0.3 is 11.6 Å². The van der Waals surface area contributed by atoms with Gasteiger partial charge in [0.05, 0.1) is 24.7 Å². The SMILES string of the molecule is C=C(O)[C@H]1[C@@H]2Cc3cc(OCc4cc(-c5ccc(OCCCS(C)(=O)=O)cc5F)c(C)cc4F)ncc3[C@@H]21.CCCCOc1ccc(-c2cc(COc3cc4c(cn3)[C@H]3[C@@H](C4)[C@@H]3C(C)=O)c(F)cc2C)c(C)c1.O=S=O. The van der Waals surface area contributed by atoms with Crippen molar-refractivity contribution in [3.63, 3.8) is 0 Å². The summed E-state index contributed by atoms with van der Waals surface area (Å²) in [4.78, 5) is 20.6. The Morgan fingerprint density at radius 1 is 0.671 bits per heavy atom. The summed E-state index contributed by atoms with van der Waals surface area (Å²) in [5.74, 6) is 2.89. The third-order valence-corrected chi connectivity index (χ3v) is 15.8. The van der Waals surface area contributed by atoms with E-state index in [9.17, 15) is 27.1 Å². The molecule has 0 aliphatic heterocycles. The van der Waals surface area contributed by atoms with E-state index in [1.807, 2.05) is 49.5 Å². The molecule has 0 radical (unpaired) electrons. The molecule has 1 N–H and O–H groups in total. The minimum Gasteiger partial charge on any atom is -0.513 e. The number of unbranched alkanes of at least 4 members (excludes halogenated alkanes) is 1. The molecule has 2 saturated carbocycles. The molecule has 2 aromatic heterocycles. The van der Waals surface area contributed by atoms with Crippen molar-refractivity contribution in [3.8, 4) is 45.5 Å². The van der Waals surface area contributed by atoms with Crippen molar-refractivity contribution in [3.05, 3.63) is 165 Å². The predicted octanol–water partition coefficient (Wildman–Crippen LogP) is 11.8. The molecular formula is C59H61F3N2O10S2. The van der Waals surface area contributed by atoms with Crippen molar-refractivity contribution in [2.75, 3.05) is 25.2 Å². The third-order valence-electron chi connectivity index (χ3n) is 14.8. The van der Waals surface area contributed by atoms with Gasteiger partial charge in [0.2, 0.25) is 11.8 Å². The fraction of sp³-hybridized carbons (Fsp3) is 0.373. The molecule has 0 saturated heterocycles. The van der Waals surface area contributed by atoms with E-state index in [-0.39, 0.29) is 72.0 Å². The van der Waals surface area contributed by atoms with Gasteiger partial charge < -0.3 is 24.1 Å². The van der Waals surface area contributed by atoms with Crippen molar-refractivity contribution in [1.82, 2.24) is 9.97 Å². The van der Waals surface area contributed by atoms with Gasteiger partial charge in [-0.15, -0.1) is 0 Å². The number of benzene rings is 4. The molecule has 2 fully saturated rings. The molecule has 76 heavy (non-hydrogen) atoms. The van der Waals surface area contributed by atoms with E-state index in [1.165, 1.54) is 23.3 Å². The minimum absolute atomic E-state index is 0.00443. The van der Waals surface area contributed by atoms with Gasteiger partial charge in [-0.1, -0.05) is 26.0 Å². The van der Waals surface area contributed by atoms with E-state index in [2.05, 4.69) is 30.4 Å². The van der Waals surface area contributed by atoms with Gasteiger partial charge in [-0.3, -0.25) is 4.79 Å². The quantitative estimate of drug-likeness (QED) is 0.0603. The number of hydrogen-bond acceptors (Lipinski definition) is 12. The topological polar surface area (TPSA) is 168 Å². The summed E-state index contributed by atoms with van der Waals surface area (Å²) in [6, 6.07) is 20.7. The molecule has 10 rings (SSSR count). The molecule has 6 aromatic rings. The number of nitrogens with zero attached hydrogens (tertiary/aromatic N) is 2. The van der Waals surface area contributed by atoms with Crippen LogP contribution >= 0.6 is 0 Å². The van der Waals surface area contributed by atoms with Crippen LogP contribution in [0.4, 0.5) is 13.2 Å². The molecule has 0 unspecified atom stereocenters. The first-order chi connectivity index (χ1) is 36.3. The number of aromatic nitrogens is 2. The molecule has 0 spiro atoms. The second kappa shape index (κ2) is 23.6. The van der Waals surface area contributed by atoms with Crippen LogP contribution in [0.15, 0.2) is 97.5 Å². The molecule has 0 amide bonds. The number of aryl methyl sites for hydroxylation is 3. The van der Waals surface area contributed by atoms with Crippen molar-refractivity contribution in [1.29, 1.82) is 0 Å². The number of carbonyl (C=O) groups is 1. The lowest BCUT2D eigenvalue weighted by molar-refractivity contribution is -0.118. The first-order valence-electron chi connectivity index (χ1n) is 25.3. The largest absolute Gasteiger partial charge is 0.513 e. The average molecular weight is 1080 g/mol. The normalized spacial score (nSPS) is 19.0. The summed E-state index contributed by atoms with van der Waals surface area (Å²) in [6.07, 6.45) is 8.90.